The first kappa shape index (κ1) is 19.9. The van der Waals surface area contributed by atoms with Crippen molar-refractivity contribution in [3.05, 3.63) is 90.0 Å². The lowest BCUT2D eigenvalue weighted by molar-refractivity contribution is 0.115. The molecule has 3 rings (SSSR count). The summed E-state index contributed by atoms with van der Waals surface area (Å²) in [5.41, 5.74) is 0.255. The highest BCUT2D eigenvalue weighted by molar-refractivity contribution is 5.85. The monoisotopic (exact) mass is 364 g/mol. The van der Waals surface area contributed by atoms with Crippen LogP contribution in [-0.4, -0.2) is 22.2 Å². The van der Waals surface area contributed by atoms with Gasteiger partial charge in [0, 0.05) is 12.4 Å². The van der Waals surface area contributed by atoms with E-state index < -0.39 is 5.60 Å². The Bertz CT molecular complexity index is 716. The summed E-state index contributed by atoms with van der Waals surface area (Å²) >= 11 is 0. The summed E-state index contributed by atoms with van der Waals surface area (Å²) in [5.74, 6) is 0.669. The van der Waals surface area contributed by atoms with E-state index in [1.807, 2.05) is 42.5 Å². The van der Waals surface area contributed by atoms with Crippen molar-refractivity contribution in [1.29, 1.82) is 0 Å². The Hall–Kier alpha value is -2.14. The first-order valence-electron chi connectivity index (χ1n) is 6.95. The fourth-order valence-electron chi connectivity index (χ4n) is 2.43. The summed E-state index contributed by atoms with van der Waals surface area (Å²) in [6, 6.07) is 18.2. The number of halogens is 2. The average Bonchev–Trinajstić information content (AvgIpc) is 2.62. The highest BCUT2D eigenvalue weighted by Crippen LogP contribution is 2.35. The summed E-state index contributed by atoms with van der Waals surface area (Å²) in [7, 11) is 1.60. The molecule has 2 heterocycles. The minimum Gasteiger partial charge on any atom is -0.497 e. The van der Waals surface area contributed by atoms with Crippen molar-refractivity contribution >= 4 is 24.8 Å². The number of aromatic nitrogens is 2. The molecule has 0 aliphatic rings. The molecule has 4 nitrogen and oxygen atoms in total. The number of aliphatic hydroxyl groups is 1. The van der Waals surface area contributed by atoms with E-state index in [0.29, 0.717) is 22.7 Å². The fraction of sp³-hybridized carbons (Fsp3) is 0.111. The molecule has 0 fully saturated rings. The normalized spacial score (nSPS) is 10.2. The average molecular weight is 365 g/mol. The molecule has 0 unspecified atom stereocenters. The molecule has 0 aliphatic carbocycles. The van der Waals surface area contributed by atoms with E-state index in [1.165, 1.54) is 0 Å². The summed E-state index contributed by atoms with van der Waals surface area (Å²) in [6.45, 7) is 0. The molecular formula is C18H18Cl2N2O2. The molecule has 0 aliphatic heterocycles. The van der Waals surface area contributed by atoms with Crippen LogP contribution in [0, 0.1) is 0 Å². The summed E-state index contributed by atoms with van der Waals surface area (Å²) in [4.78, 5) is 8.66. The third-order valence-corrected chi connectivity index (χ3v) is 3.56. The van der Waals surface area contributed by atoms with E-state index in [1.54, 1.807) is 37.7 Å². The van der Waals surface area contributed by atoms with Crippen molar-refractivity contribution in [3.8, 4) is 5.75 Å². The maximum atomic E-state index is 11.5. The molecule has 0 saturated carbocycles. The minimum atomic E-state index is -1.43. The topological polar surface area (TPSA) is 55.2 Å². The van der Waals surface area contributed by atoms with Gasteiger partial charge in [-0.2, -0.15) is 0 Å². The standard InChI is InChI=1S/C18H16N2O2.2ClH/c1-22-15-8-6-7-14(13-15)18(21,16-9-2-4-11-19-16)17-10-3-5-12-20-17;;/h2-13,21H,1H3;2*1H. The van der Waals surface area contributed by atoms with Gasteiger partial charge in [-0.1, -0.05) is 24.3 Å². The second-order valence-electron chi connectivity index (χ2n) is 4.87. The van der Waals surface area contributed by atoms with E-state index in [-0.39, 0.29) is 24.8 Å². The van der Waals surface area contributed by atoms with Crippen molar-refractivity contribution in [1.82, 2.24) is 9.97 Å². The van der Waals surface area contributed by atoms with Gasteiger partial charge < -0.3 is 9.84 Å². The largest absolute Gasteiger partial charge is 0.497 e. The maximum absolute atomic E-state index is 11.5. The number of benzene rings is 1. The number of nitrogens with zero attached hydrogens (tertiary/aromatic N) is 2. The van der Waals surface area contributed by atoms with Gasteiger partial charge in [-0.3, -0.25) is 9.97 Å². The van der Waals surface area contributed by atoms with Gasteiger partial charge in [-0.15, -0.1) is 24.8 Å². The SMILES string of the molecule is COc1cccc(C(O)(c2ccccn2)c2ccccn2)c1.Cl.Cl. The number of hydrogen-bond acceptors (Lipinski definition) is 4. The van der Waals surface area contributed by atoms with Gasteiger partial charge in [0.15, 0.2) is 5.60 Å². The Morgan fingerprint density at radius 1 is 0.833 bits per heavy atom. The van der Waals surface area contributed by atoms with Gasteiger partial charge in [0.25, 0.3) is 0 Å². The molecular weight excluding hydrogens is 347 g/mol. The number of hydrogen-bond donors (Lipinski definition) is 1. The second-order valence-corrected chi connectivity index (χ2v) is 4.87. The zero-order chi connectivity index (χ0) is 15.4. The van der Waals surface area contributed by atoms with Gasteiger partial charge in [0.05, 0.1) is 18.5 Å². The lowest BCUT2D eigenvalue weighted by atomic mass is 9.86. The molecule has 2 aromatic heterocycles. The van der Waals surface area contributed by atoms with Gasteiger partial charge >= 0.3 is 0 Å². The fourth-order valence-corrected chi connectivity index (χ4v) is 2.43. The Kier molecular flexibility index (Phi) is 7.17. The van der Waals surface area contributed by atoms with Crippen LogP contribution >= 0.6 is 24.8 Å². The minimum absolute atomic E-state index is 0. The van der Waals surface area contributed by atoms with Crippen LogP contribution in [0.25, 0.3) is 0 Å². The molecule has 0 spiro atoms. The van der Waals surface area contributed by atoms with Crippen LogP contribution < -0.4 is 4.74 Å². The molecule has 0 atom stereocenters. The Morgan fingerprint density at radius 2 is 1.42 bits per heavy atom. The number of ether oxygens (including phenoxy) is 1. The van der Waals surface area contributed by atoms with Gasteiger partial charge in [-0.05, 0) is 42.0 Å². The Morgan fingerprint density at radius 3 is 1.88 bits per heavy atom. The first-order valence-corrected chi connectivity index (χ1v) is 6.95. The zero-order valence-corrected chi connectivity index (χ0v) is 14.6. The predicted octanol–water partition coefficient (Wildman–Crippen LogP) is 3.61. The third-order valence-electron chi connectivity index (χ3n) is 3.56. The van der Waals surface area contributed by atoms with Crippen LogP contribution in [0.4, 0.5) is 0 Å². The summed E-state index contributed by atoms with van der Waals surface area (Å²) in [6.07, 6.45) is 3.31. The lowest BCUT2D eigenvalue weighted by Crippen LogP contribution is -2.31. The molecule has 24 heavy (non-hydrogen) atoms. The highest BCUT2D eigenvalue weighted by Gasteiger charge is 2.36. The zero-order valence-electron chi connectivity index (χ0n) is 13.0. The van der Waals surface area contributed by atoms with Crippen LogP contribution in [0.2, 0.25) is 0 Å². The van der Waals surface area contributed by atoms with Crippen LogP contribution in [0.5, 0.6) is 5.75 Å². The Labute approximate surface area is 153 Å². The van der Waals surface area contributed by atoms with E-state index in [2.05, 4.69) is 9.97 Å². The molecule has 0 radical (unpaired) electrons. The first-order chi connectivity index (χ1) is 10.7. The second kappa shape index (κ2) is 8.64. The molecule has 1 N–H and O–H groups in total. The van der Waals surface area contributed by atoms with Crippen molar-refractivity contribution in [2.24, 2.45) is 0 Å². The number of methoxy groups -OCH3 is 1. The smallest absolute Gasteiger partial charge is 0.174 e. The Balaban J connectivity index is 0.00000144. The molecule has 6 heteroatoms. The summed E-state index contributed by atoms with van der Waals surface area (Å²) < 4.78 is 5.27. The van der Waals surface area contributed by atoms with E-state index in [9.17, 15) is 5.11 Å². The van der Waals surface area contributed by atoms with Gasteiger partial charge in [0.1, 0.15) is 5.75 Å². The third kappa shape index (κ3) is 3.67. The van der Waals surface area contributed by atoms with Crippen LogP contribution in [0.15, 0.2) is 73.1 Å². The predicted molar refractivity (Wildman–Crippen MR) is 98.1 cm³/mol. The van der Waals surface area contributed by atoms with Crippen LogP contribution in [0.1, 0.15) is 17.0 Å². The molecule has 126 valence electrons. The molecule has 3 aromatic rings. The van der Waals surface area contributed by atoms with Gasteiger partial charge in [0.2, 0.25) is 0 Å². The van der Waals surface area contributed by atoms with Crippen molar-refractivity contribution in [3.63, 3.8) is 0 Å². The molecule has 1 aromatic carbocycles. The van der Waals surface area contributed by atoms with Crippen molar-refractivity contribution < 1.29 is 9.84 Å². The van der Waals surface area contributed by atoms with E-state index >= 15 is 0 Å². The van der Waals surface area contributed by atoms with Crippen molar-refractivity contribution in [2.45, 2.75) is 5.60 Å². The number of rotatable bonds is 4. The van der Waals surface area contributed by atoms with Crippen molar-refractivity contribution in [2.75, 3.05) is 7.11 Å². The van der Waals surface area contributed by atoms with E-state index in [0.717, 1.165) is 0 Å². The molecule has 0 amide bonds. The lowest BCUT2D eigenvalue weighted by Gasteiger charge is -2.28. The molecule has 0 bridgehead atoms. The molecule has 0 saturated heterocycles. The van der Waals surface area contributed by atoms with Crippen LogP contribution in [-0.2, 0) is 5.60 Å². The quantitative estimate of drug-likeness (QED) is 0.768. The number of pyridine rings is 2. The van der Waals surface area contributed by atoms with Crippen LogP contribution in [0.3, 0.4) is 0 Å². The van der Waals surface area contributed by atoms with Gasteiger partial charge in [-0.25, -0.2) is 0 Å². The highest BCUT2D eigenvalue weighted by atomic mass is 35.5. The van der Waals surface area contributed by atoms with E-state index in [4.69, 9.17) is 4.74 Å². The summed E-state index contributed by atoms with van der Waals surface area (Å²) in [5, 5.41) is 11.5. The maximum Gasteiger partial charge on any atom is 0.174 e.